The van der Waals surface area contributed by atoms with E-state index in [1.807, 2.05) is 54.3 Å². The molecule has 150 valence electrons. The second kappa shape index (κ2) is 8.34. The number of aromatic nitrogens is 2. The number of nitrogens with one attached hydrogen (secondary N) is 1. The van der Waals surface area contributed by atoms with Crippen molar-refractivity contribution in [3.63, 3.8) is 0 Å². The molecule has 29 heavy (non-hydrogen) atoms. The molecule has 3 aromatic rings. The maximum Gasteiger partial charge on any atom is 0.321 e. The topological polar surface area (TPSA) is 80.5 Å². The molecule has 1 N–H and O–H groups in total. The molecule has 0 bridgehead atoms. The SMILES string of the molecule is COc1cccc(NC(=O)N2CCC(c3nc(-c4ccc(C)cc4)no3)CC2)c1. The number of hydrogen-bond donors (Lipinski definition) is 1. The van der Waals surface area contributed by atoms with E-state index >= 15 is 0 Å². The number of carbonyl (C=O) groups excluding carboxylic acids is 1. The number of likely N-dealkylation sites (tertiary alicyclic amines) is 1. The smallest absolute Gasteiger partial charge is 0.321 e. The van der Waals surface area contributed by atoms with Crippen LogP contribution in [-0.4, -0.2) is 41.3 Å². The zero-order valence-electron chi connectivity index (χ0n) is 16.6. The first-order valence-electron chi connectivity index (χ1n) is 9.73. The molecule has 0 aliphatic carbocycles. The highest BCUT2D eigenvalue weighted by atomic mass is 16.5. The average Bonchev–Trinajstić information content (AvgIpc) is 3.25. The Morgan fingerprint density at radius 3 is 2.66 bits per heavy atom. The number of rotatable bonds is 4. The standard InChI is InChI=1S/C22H24N4O3/c1-15-6-8-16(9-7-15)20-24-21(29-25-20)17-10-12-26(13-11-17)22(27)23-18-4-3-5-19(14-18)28-2/h3-9,14,17H,10-13H2,1-2H3,(H,23,27). The highest BCUT2D eigenvalue weighted by molar-refractivity contribution is 5.89. The maximum absolute atomic E-state index is 12.5. The molecule has 0 spiro atoms. The first-order valence-corrected chi connectivity index (χ1v) is 9.73. The van der Waals surface area contributed by atoms with E-state index in [1.54, 1.807) is 13.2 Å². The minimum Gasteiger partial charge on any atom is -0.497 e. The van der Waals surface area contributed by atoms with Crippen LogP contribution in [0, 0.1) is 6.92 Å². The fraction of sp³-hybridized carbons (Fsp3) is 0.318. The number of hydrogen-bond acceptors (Lipinski definition) is 5. The summed E-state index contributed by atoms with van der Waals surface area (Å²) in [5, 5.41) is 7.05. The molecule has 0 unspecified atom stereocenters. The van der Waals surface area contributed by atoms with Crippen LogP contribution in [0.5, 0.6) is 5.75 Å². The highest BCUT2D eigenvalue weighted by Crippen LogP contribution is 2.29. The molecule has 4 rings (SSSR count). The molecule has 1 aromatic heterocycles. The van der Waals surface area contributed by atoms with Crippen molar-refractivity contribution in [2.24, 2.45) is 0 Å². The van der Waals surface area contributed by atoms with Crippen molar-refractivity contribution in [1.29, 1.82) is 0 Å². The third-order valence-corrected chi connectivity index (χ3v) is 5.20. The van der Waals surface area contributed by atoms with Crippen LogP contribution >= 0.6 is 0 Å². The number of aryl methyl sites for hydroxylation is 1. The van der Waals surface area contributed by atoms with Gasteiger partial charge in [0.15, 0.2) is 0 Å². The van der Waals surface area contributed by atoms with Crippen molar-refractivity contribution >= 4 is 11.7 Å². The van der Waals surface area contributed by atoms with E-state index in [4.69, 9.17) is 9.26 Å². The van der Waals surface area contributed by atoms with Gasteiger partial charge in [-0.15, -0.1) is 0 Å². The molecule has 2 heterocycles. The van der Waals surface area contributed by atoms with E-state index < -0.39 is 0 Å². The Kier molecular flexibility index (Phi) is 5.46. The molecule has 0 atom stereocenters. The molecule has 0 saturated carbocycles. The molecule has 0 radical (unpaired) electrons. The van der Waals surface area contributed by atoms with Gasteiger partial charge in [-0.3, -0.25) is 0 Å². The summed E-state index contributed by atoms with van der Waals surface area (Å²) < 4.78 is 10.7. The van der Waals surface area contributed by atoms with E-state index in [0.717, 1.165) is 24.1 Å². The number of ether oxygens (including phenoxy) is 1. The van der Waals surface area contributed by atoms with Gasteiger partial charge in [0, 0.05) is 36.3 Å². The van der Waals surface area contributed by atoms with E-state index in [9.17, 15) is 4.79 Å². The minimum atomic E-state index is -0.109. The van der Waals surface area contributed by atoms with Crippen molar-refractivity contribution in [3.05, 3.63) is 60.0 Å². The van der Waals surface area contributed by atoms with Crippen molar-refractivity contribution in [3.8, 4) is 17.1 Å². The third kappa shape index (κ3) is 4.39. The number of nitrogens with zero attached hydrogens (tertiary/aromatic N) is 3. The summed E-state index contributed by atoms with van der Waals surface area (Å²) in [5.41, 5.74) is 2.86. The summed E-state index contributed by atoms with van der Waals surface area (Å²) >= 11 is 0. The van der Waals surface area contributed by atoms with Crippen LogP contribution in [0.1, 0.15) is 30.2 Å². The van der Waals surface area contributed by atoms with Gasteiger partial charge in [-0.05, 0) is 31.9 Å². The van der Waals surface area contributed by atoms with Gasteiger partial charge in [-0.1, -0.05) is 41.1 Å². The Bertz CT molecular complexity index is 976. The monoisotopic (exact) mass is 392 g/mol. The van der Waals surface area contributed by atoms with Crippen molar-refractivity contribution in [2.75, 3.05) is 25.5 Å². The van der Waals surface area contributed by atoms with Crippen LogP contribution in [0.2, 0.25) is 0 Å². The molecule has 7 heteroatoms. The summed E-state index contributed by atoms with van der Waals surface area (Å²) in [4.78, 5) is 18.9. The summed E-state index contributed by atoms with van der Waals surface area (Å²) in [6.07, 6.45) is 1.59. The van der Waals surface area contributed by atoms with Gasteiger partial charge in [0.05, 0.1) is 7.11 Å². The fourth-order valence-electron chi connectivity index (χ4n) is 3.45. The molecule has 2 amide bonds. The Morgan fingerprint density at radius 2 is 1.93 bits per heavy atom. The van der Waals surface area contributed by atoms with E-state index in [2.05, 4.69) is 15.5 Å². The molecular formula is C22H24N4O3. The van der Waals surface area contributed by atoms with Crippen LogP contribution in [0.25, 0.3) is 11.4 Å². The van der Waals surface area contributed by atoms with Crippen LogP contribution in [0.3, 0.4) is 0 Å². The van der Waals surface area contributed by atoms with Gasteiger partial charge >= 0.3 is 6.03 Å². The summed E-state index contributed by atoms with van der Waals surface area (Å²) in [6.45, 7) is 3.33. The number of benzene rings is 2. The Morgan fingerprint density at radius 1 is 1.17 bits per heavy atom. The van der Waals surface area contributed by atoms with Gasteiger partial charge in [0.1, 0.15) is 5.75 Å². The lowest BCUT2D eigenvalue weighted by Crippen LogP contribution is -2.40. The predicted molar refractivity (Wildman–Crippen MR) is 110 cm³/mol. The number of carbonyl (C=O) groups is 1. The van der Waals surface area contributed by atoms with Crippen molar-refractivity contribution < 1.29 is 14.1 Å². The molecule has 1 aliphatic rings. The zero-order chi connectivity index (χ0) is 20.2. The van der Waals surface area contributed by atoms with Crippen LogP contribution < -0.4 is 10.1 Å². The summed E-state index contributed by atoms with van der Waals surface area (Å²) in [5.74, 6) is 2.14. The van der Waals surface area contributed by atoms with Crippen LogP contribution in [-0.2, 0) is 0 Å². The fourth-order valence-corrected chi connectivity index (χ4v) is 3.45. The van der Waals surface area contributed by atoms with Gasteiger partial charge in [-0.2, -0.15) is 4.98 Å². The molecule has 2 aromatic carbocycles. The van der Waals surface area contributed by atoms with E-state index in [0.29, 0.717) is 30.6 Å². The van der Waals surface area contributed by atoms with Gasteiger partial charge in [0.25, 0.3) is 0 Å². The number of urea groups is 1. The van der Waals surface area contributed by atoms with Crippen molar-refractivity contribution in [1.82, 2.24) is 15.0 Å². The van der Waals surface area contributed by atoms with Gasteiger partial charge in [0.2, 0.25) is 11.7 Å². The zero-order valence-corrected chi connectivity index (χ0v) is 16.6. The largest absolute Gasteiger partial charge is 0.497 e. The normalized spacial score (nSPS) is 14.6. The summed E-state index contributed by atoms with van der Waals surface area (Å²) in [7, 11) is 1.60. The molecular weight excluding hydrogens is 368 g/mol. The van der Waals surface area contributed by atoms with E-state index in [1.165, 1.54) is 5.56 Å². The lowest BCUT2D eigenvalue weighted by atomic mass is 9.97. The van der Waals surface area contributed by atoms with Gasteiger partial charge < -0.3 is 19.5 Å². The summed E-state index contributed by atoms with van der Waals surface area (Å²) in [6, 6.07) is 15.3. The van der Waals surface area contributed by atoms with Crippen LogP contribution in [0.15, 0.2) is 53.1 Å². The second-order valence-electron chi connectivity index (χ2n) is 7.25. The second-order valence-corrected chi connectivity index (χ2v) is 7.25. The van der Waals surface area contributed by atoms with Crippen LogP contribution in [0.4, 0.5) is 10.5 Å². The Labute approximate surface area is 169 Å². The lowest BCUT2D eigenvalue weighted by Gasteiger charge is -2.30. The Balaban J connectivity index is 1.34. The highest BCUT2D eigenvalue weighted by Gasteiger charge is 2.27. The first-order chi connectivity index (χ1) is 14.1. The molecule has 1 fully saturated rings. The maximum atomic E-state index is 12.5. The van der Waals surface area contributed by atoms with E-state index in [-0.39, 0.29) is 11.9 Å². The molecule has 7 nitrogen and oxygen atoms in total. The quantitative estimate of drug-likeness (QED) is 0.709. The lowest BCUT2D eigenvalue weighted by molar-refractivity contribution is 0.187. The molecule has 1 saturated heterocycles. The van der Waals surface area contributed by atoms with Gasteiger partial charge in [-0.25, -0.2) is 4.79 Å². The number of methoxy groups -OCH3 is 1. The minimum absolute atomic E-state index is 0.109. The predicted octanol–water partition coefficient (Wildman–Crippen LogP) is 4.47. The Hall–Kier alpha value is -3.35. The van der Waals surface area contributed by atoms with Crippen molar-refractivity contribution in [2.45, 2.75) is 25.7 Å². The number of amides is 2. The average molecular weight is 392 g/mol. The first kappa shape index (κ1) is 19.0. The molecule has 1 aliphatic heterocycles. The third-order valence-electron chi connectivity index (χ3n) is 5.20. The number of anilines is 1. The number of piperidine rings is 1.